The SMILES string of the molecule is CSC1(CNc2cccc(C(=O)O)c2)CCCC1. The van der Waals surface area contributed by atoms with Crippen LogP contribution in [0.4, 0.5) is 5.69 Å². The Bertz CT molecular complexity index is 428. The summed E-state index contributed by atoms with van der Waals surface area (Å²) in [5, 5.41) is 12.3. The summed E-state index contributed by atoms with van der Waals surface area (Å²) in [5.41, 5.74) is 1.24. The summed E-state index contributed by atoms with van der Waals surface area (Å²) >= 11 is 1.93. The van der Waals surface area contributed by atoms with Gasteiger partial charge in [-0.1, -0.05) is 18.9 Å². The number of benzene rings is 1. The summed E-state index contributed by atoms with van der Waals surface area (Å²) in [5.74, 6) is -0.876. The summed E-state index contributed by atoms with van der Waals surface area (Å²) in [6.07, 6.45) is 7.27. The molecule has 0 atom stereocenters. The number of thioether (sulfide) groups is 1. The van der Waals surface area contributed by atoms with Crippen molar-refractivity contribution in [3.63, 3.8) is 0 Å². The molecule has 0 radical (unpaired) electrons. The highest BCUT2D eigenvalue weighted by atomic mass is 32.2. The first-order chi connectivity index (χ1) is 8.65. The molecule has 1 aliphatic rings. The second kappa shape index (κ2) is 5.65. The van der Waals surface area contributed by atoms with Gasteiger partial charge in [-0.25, -0.2) is 4.79 Å². The zero-order chi connectivity index (χ0) is 13.0. The van der Waals surface area contributed by atoms with Gasteiger partial charge in [0.1, 0.15) is 0 Å². The maximum atomic E-state index is 10.9. The van der Waals surface area contributed by atoms with E-state index in [1.165, 1.54) is 25.7 Å². The molecule has 0 aromatic heterocycles. The molecular formula is C14H19NO2S. The van der Waals surface area contributed by atoms with Crippen molar-refractivity contribution < 1.29 is 9.90 Å². The summed E-state index contributed by atoms with van der Waals surface area (Å²) in [6, 6.07) is 7.03. The third-order valence-electron chi connectivity index (χ3n) is 3.67. The van der Waals surface area contributed by atoms with E-state index in [-0.39, 0.29) is 0 Å². The van der Waals surface area contributed by atoms with Crippen molar-refractivity contribution in [1.29, 1.82) is 0 Å². The second-order valence-corrected chi connectivity index (χ2v) is 6.11. The minimum Gasteiger partial charge on any atom is -0.478 e. The van der Waals surface area contributed by atoms with Crippen molar-refractivity contribution >= 4 is 23.4 Å². The zero-order valence-corrected chi connectivity index (χ0v) is 11.4. The highest BCUT2D eigenvalue weighted by Gasteiger charge is 2.32. The van der Waals surface area contributed by atoms with Crippen LogP contribution in [0.25, 0.3) is 0 Å². The fourth-order valence-electron chi connectivity index (χ4n) is 2.50. The normalized spacial score (nSPS) is 17.6. The van der Waals surface area contributed by atoms with Crippen LogP contribution in [0.5, 0.6) is 0 Å². The van der Waals surface area contributed by atoms with Gasteiger partial charge in [0, 0.05) is 17.0 Å². The van der Waals surface area contributed by atoms with E-state index in [1.54, 1.807) is 18.2 Å². The Balaban J connectivity index is 2.01. The third-order valence-corrected chi connectivity index (χ3v) is 5.09. The van der Waals surface area contributed by atoms with E-state index in [9.17, 15) is 4.79 Å². The quantitative estimate of drug-likeness (QED) is 0.856. The van der Waals surface area contributed by atoms with Crippen molar-refractivity contribution in [2.75, 3.05) is 18.1 Å². The van der Waals surface area contributed by atoms with E-state index in [1.807, 2.05) is 17.8 Å². The predicted molar refractivity (Wildman–Crippen MR) is 76.6 cm³/mol. The van der Waals surface area contributed by atoms with E-state index in [4.69, 9.17) is 5.11 Å². The Kier molecular flexibility index (Phi) is 4.17. The lowest BCUT2D eigenvalue weighted by atomic mass is 10.1. The Morgan fingerprint density at radius 3 is 2.78 bits per heavy atom. The van der Waals surface area contributed by atoms with E-state index >= 15 is 0 Å². The minimum absolute atomic E-state index is 0.333. The molecule has 0 amide bonds. The second-order valence-electron chi connectivity index (χ2n) is 4.83. The van der Waals surface area contributed by atoms with Crippen LogP contribution in [0.1, 0.15) is 36.0 Å². The van der Waals surface area contributed by atoms with Crippen LogP contribution in [-0.4, -0.2) is 28.6 Å². The van der Waals surface area contributed by atoms with Gasteiger partial charge in [-0.2, -0.15) is 11.8 Å². The Morgan fingerprint density at radius 1 is 1.44 bits per heavy atom. The maximum Gasteiger partial charge on any atom is 0.335 e. The predicted octanol–water partition coefficient (Wildman–Crippen LogP) is 3.47. The first kappa shape index (κ1) is 13.3. The van der Waals surface area contributed by atoms with Crippen molar-refractivity contribution in [3.05, 3.63) is 29.8 Å². The molecule has 0 saturated heterocycles. The topological polar surface area (TPSA) is 49.3 Å². The van der Waals surface area contributed by atoms with Gasteiger partial charge in [0.05, 0.1) is 5.56 Å². The van der Waals surface area contributed by atoms with Crippen molar-refractivity contribution in [2.45, 2.75) is 30.4 Å². The van der Waals surface area contributed by atoms with Crippen LogP contribution < -0.4 is 5.32 Å². The number of hydrogen-bond donors (Lipinski definition) is 2. The fraction of sp³-hybridized carbons (Fsp3) is 0.500. The molecule has 1 aromatic rings. The Labute approximate surface area is 112 Å². The van der Waals surface area contributed by atoms with Gasteiger partial charge in [0.2, 0.25) is 0 Å². The summed E-state index contributed by atoms with van der Waals surface area (Å²) < 4.78 is 0.333. The van der Waals surface area contributed by atoms with E-state index in [2.05, 4.69) is 11.6 Å². The van der Waals surface area contributed by atoms with Crippen LogP contribution in [0.2, 0.25) is 0 Å². The lowest BCUT2D eigenvalue weighted by molar-refractivity contribution is 0.0697. The van der Waals surface area contributed by atoms with Gasteiger partial charge < -0.3 is 10.4 Å². The summed E-state index contributed by atoms with van der Waals surface area (Å²) in [7, 11) is 0. The van der Waals surface area contributed by atoms with Crippen LogP contribution >= 0.6 is 11.8 Å². The van der Waals surface area contributed by atoms with Crippen LogP contribution in [0.15, 0.2) is 24.3 Å². The monoisotopic (exact) mass is 265 g/mol. The number of carboxylic acids is 1. The molecule has 3 nitrogen and oxygen atoms in total. The van der Waals surface area contributed by atoms with Gasteiger partial charge in [-0.05, 0) is 37.3 Å². The molecule has 1 saturated carbocycles. The van der Waals surface area contributed by atoms with Crippen LogP contribution in [-0.2, 0) is 0 Å². The molecular weight excluding hydrogens is 246 g/mol. The van der Waals surface area contributed by atoms with Crippen LogP contribution in [0, 0.1) is 0 Å². The fourth-order valence-corrected chi connectivity index (χ4v) is 3.41. The molecule has 0 bridgehead atoms. The number of carbonyl (C=O) groups is 1. The number of aromatic carboxylic acids is 1. The van der Waals surface area contributed by atoms with Gasteiger partial charge in [-0.15, -0.1) is 0 Å². The maximum absolute atomic E-state index is 10.9. The molecule has 2 N–H and O–H groups in total. The van der Waals surface area contributed by atoms with E-state index in [0.29, 0.717) is 10.3 Å². The lowest BCUT2D eigenvalue weighted by Crippen LogP contribution is -2.30. The van der Waals surface area contributed by atoms with Crippen molar-refractivity contribution in [1.82, 2.24) is 0 Å². The van der Waals surface area contributed by atoms with Gasteiger partial charge in [0.25, 0.3) is 0 Å². The molecule has 0 unspecified atom stereocenters. The third kappa shape index (κ3) is 2.99. The number of hydrogen-bond acceptors (Lipinski definition) is 3. The molecule has 4 heteroatoms. The van der Waals surface area contributed by atoms with Crippen molar-refractivity contribution in [3.8, 4) is 0 Å². The number of rotatable bonds is 5. The number of carboxylic acid groups (broad SMARTS) is 1. The van der Waals surface area contributed by atoms with E-state index < -0.39 is 5.97 Å². The Hall–Kier alpha value is -1.16. The average Bonchev–Trinajstić information content (AvgIpc) is 2.86. The molecule has 18 heavy (non-hydrogen) atoms. The van der Waals surface area contributed by atoms with Gasteiger partial charge >= 0.3 is 5.97 Å². The highest BCUT2D eigenvalue weighted by molar-refractivity contribution is 8.00. The average molecular weight is 265 g/mol. The lowest BCUT2D eigenvalue weighted by Gasteiger charge is -2.27. The molecule has 2 rings (SSSR count). The Morgan fingerprint density at radius 2 is 2.17 bits per heavy atom. The zero-order valence-electron chi connectivity index (χ0n) is 10.6. The van der Waals surface area contributed by atoms with E-state index in [0.717, 1.165) is 12.2 Å². The summed E-state index contributed by atoms with van der Waals surface area (Å²) in [4.78, 5) is 10.9. The van der Waals surface area contributed by atoms with Crippen LogP contribution in [0.3, 0.4) is 0 Å². The molecule has 98 valence electrons. The molecule has 1 aromatic carbocycles. The molecule has 1 aliphatic carbocycles. The van der Waals surface area contributed by atoms with Gasteiger partial charge in [0.15, 0.2) is 0 Å². The first-order valence-electron chi connectivity index (χ1n) is 6.28. The summed E-state index contributed by atoms with van der Waals surface area (Å²) in [6.45, 7) is 0.914. The van der Waals surface area contributed by atoms with Gasteiger partial charge in [-0.3, -0.25) is 0 Å². The smallest absolute Gasteiger partial charge is 0.335 e. The first-order valence-corrected chi connectivity index (χ1v) is 7.50. The molecule has 0 spiro atoms. The standard InChI is InChI=1S/C14H19NO2S/c1-18-14(7-2-3-8-14)10-15-12-6-4-5-11(9-12)13(16)17/h4-6,9,15H,2-3,7-8,10H2,1H3,(H,16,17). The number of anilines is 1. The number of nitrogens with one attached hydrogen (secondary N) is 1. The highest BCUT2D eigenvalue weighted by Crippen LogP contribution is 2.40. The molecule has 1 fully saturated rings. The largest absolute Gasteiger partial charge is 0.478 e. The molecule has 0 heterocycles. The minimum atomic E-state index is -0.876. The van der Waals surface area contributed by atoms with Crippen molar-refractivity contribution in [2.24, 2.45) is 0 Å². The molecule has 0 aliphatic heterocycles.